The molecule has 1 aromatic rings. The molecule has 1 aromatic heterocycles. The molecule has 0 aromatic carbocycles. The Morgan fingerprint density at radius 1 is 1.12 bits per heavy atom. The van der Waals surface area contributed by atoms with Crippen LogP contribution in [0.25, 0.3) is 0 Å². The van der Waals surface area contributed by atoms with E-state index in [9.17, 15) is 4.79 Å². The van der Waals surface area contributed by atoms with E-state index in [1.807, 2.05) is 0 Å². The lowest BCUT2D eigenvalue weighted by Crippen LogP contribution is -2.45. The molecule has 132 valence electrons. The molecule has 0 bridgehead atoms. The molecule has 2 saturated heterocycles. The largest absolute Gasteiger partial charge is 0.380 e. The molecule has 0 atom stereocenters. The fraction of sp³-hybridized carbons (Fsp3) is 0.778. The molecule has 0 spiro atoms. The maximum absolute atomic E-state index is 11.8. The first-order valence-electron chi connectivity index (χ1n) is 9.42. The lowest BCUT2D eigenvalue weighted by Gasteiger charge is -2.37. The van der Waals surface area contributed by atoms with Crippen molar-refractivity contribution in [1.82, 2.24) is 19.8 Å². The molecule has 0 radical (unpaired) electrons. The highest BCUT2D eigenvalue weighted by atomic mass is 16.5. The van der Waals surface area contributed by atoms with Gasteiger partial charge in [0.2, 0.25) is 0 Å². The smallest absolute Gasteiger partial charge is 0.251 e. The summed E-state index contributed by atoms with van der Waals surface area (Å²) in [7, 11) is 0. The Balaban J connectivity index is 1.32. The maximum atomic E-state index is 11.8. The molecule has 6 nitrogen and oxygen atoms in total. The van der Waals surface area contributed by atoms with Gasteiger partial charge in [-0.1, -0.05) is 0 Å². The number of aromatic nitrogens is 2. The molecule has 4 rings (SSSR count). The predicted octanol–water partition coefficient (Wildman–Crippen LogP) is 1.33. The number of piperidine rings is 1. The predicted molar refractivity (Wildman–Crippen MR) is 92.1 cm³/mol. The third kappa shape index (κ3) is 4.05. The minimum atomic E-state index is 0.00125. The fourth-order valence-electron chi connectivity index (χ4n) is 3.96. The standard InChI is InChI=1S/C18H28N4O2/c23-17-12-15(19-18(20-17)14-2-3-14)13-21-7-4-16(5-8-21)22-6-1-10-24-11-9-22/h12,14,16H,1-11,13H2,(H,19,20,23). The number of hydrogen-bond acceptors (Lipinski definition) is 5. The van der Waals surface area contributed by atoms with Crippen LogP contribution in [-0.2, 0) is 11.3 Å². The quantitative estimate of drug-likeness (QED) is 0.901. The van der Waals surface area contributed by atoms with Crippen molar-refractivity contribution in [3.63, 3.8) is 0 Å². The topological polar surface area (TPSA) is 61.5 Å². The van der Waals surface area contributed by atoms with Crippen LogP contribution in [0.1, 0.15) is 49.5 Å². The van der Waals surface area contributed by atoms with Crippen molar-refractivity contribution >= 4 is 0 Å². The van der Waals surface area contributed by atoms with E-state index in [0.29, 0.717) is 12.0 Å². The average molecular weight is 332 g/mol. The van der Waals surface area contributed by atoms with Gasteiger partial charge in [-0.3, -0.25) is 14.6 Å². The van der Waals surface area contributed by atoms with E-state index in [4.69, 9.17) is 4.74 Å². The summed E-state index contributed by atoms with van der Waals surface area (Å²) in [4.78, 5) is 24.5. The highest BCUT2D eigenvalue weighted by Gasteiger charge is 2.28. The monoisotopic (exact) mass is 332 g/mol. The Morgan fingerprint density at radius 3 is 2.75 bits per heavy atom. The summed E-state index contributed by atoms with van der Waals surface area (Å²) in [6.07, 6.45) is 5.90. The van der Waals surface area contributed by atoms with Gasteiger partial charge in [0, 0.05) is 57.4 Å². The third-order valence-electron chi connectivity index (χ3n) is 5.49. The minimum Gasteiger partial charge on any atom is -0.380 e. The van der Waals surface area contributed by atoms with Crippen LogP contribution in [0.4, 0.5) is 0 Å². The molecule has 0 amide bonds. The molecule has 1 N–H and O–H groups in total. The summed E-state index contributed by atoms with van der Waals surface area (Å²) >= 11 is 0. The van der Waals surface area contributed by atoms with Crippen molar-refractivity contribution in [2.45, 2.75) is 50.6 Å². The number of hydrogen-bond donors (Lipinski definition) is 1. The van der Waals surface area contributed by atoms with Gasteiger partial charge in [-0.05, 0) is 32.1 Å². The maximum Gasteiger partial charge on any atom is 0.251 e. The summed E-state index contributed by atoms with van der Waals surface area (Å²) in [6, 6.07) is 2.36. The number of aromatic amines is 1. The minimum absolute atomic E-state index is 0.00125. The van der Waals surface area contributed by atoms with E-state index >= 15 is 0 Å². The fourth-order valence-corrected chi connectivity index (χ4v) is 3.96. The lowest BCUT2D eigenvalue weighted by atomic mass is 10.0. The molecular weight excluding hydrogens is 304 g/mol. The second kappa shape index (κ2) is 7.33. The van der Waals surface area contributed by atoms with Crippen LogP contribution in [0.15, 0.2) is 10.9 Å². The van der Waals surface area contributed by atoms with Gasteiger partial charge in [0.25, 0.3) is 5.56 Å². The second-order valence-corrected chi connectivity index (χ2v) is 7.41. The number of rotatable bonds is 4. The number of nitrogens with one attached hydrogen (secondary N) is 1. The first-order valence-corrected chi connectivity index (χ1v) is 9.42. The van der Waals surface area contributed by atoms with Crippen LogP contribution in [0, 0.1) is 0 Å². The summed E-state index contributed by atoms with van der Waals surface area (Å²) in [6.45, 7) is 7.02. The summed E-state index contributed by atoms with van der Waals surface area (Å²) < 4.78 is 5.57. The number of likely N-dealkylation sites (tertiary alicyclic amines) is 1. The average Bonchev–Trinajstić information content (AvgIpc) is 3.42. The summed E-state index contributed by atoms with van der Waals surface area (Å²) in [5, 5.41) is 0. The molecule has 2 aliphatic heterocycles. The van der Waals surface area contributed by atoms with Crippen molar-refractivity contribution in [2.24, 2.45) is 0 Å². The van der Waals surface area contributed by atoms with E-state index in [1.54, 1.807) is 6.07 Å². The molecule has 3 fully saturated rings. The highest BCUT2D eigenvalue weighted by Crippen LogP contribution is 2.37. The van der Waals surface area contributed by atoms with Gasteiger partial charge in [-0.15, -0.1) is 0 Å². The Hall–Kier alpha value is -1.24. The van der Waals surface area contributed by atoms with Crippen LogP contribution in [-0.4, -0.2) is 65.2 Å². The SMILES string of the molecule is O=c1cc(CN2CCC(N3CCCOCC3)CC2)nc(C2CC2)[nH]1. The summed E-state index contributed by atoms with van der Waals surface area (Å²) in [5.74, 6) is 1.39. The Bertz CT molecular complexity index is 597. The number of nitrogens with zero attached hydrogens (tertiary/aromatic N) is 3. The number of H-pyrrole nitrogens is 1. The van der Waals surface area contributed by atoms with Gasteiger partial charge in [0.1, 0.15) is 5.82 Å². The van der Waals surface area contributed by atoms with E-state index in [2.05, 4.69) is 19.8 Å². The zero-order chi connectivity index (χ0) is 16.4. The molecular formula is C18H28N4O2. The van der Waals surface area contributed by atoms with Crippen LogP contribution in [0.5, 0.6) is 0 Å². The van der Waals surface area contributed by atoms with Gasteiger partial charge in [-0.25, -0.2) is 4.98 Å². The highest BCUT2D eigenvalue weighted by molar-refractivity contribution is 5.10. The summed E-state index contributed by atoms with van der Waals surface area (Å²) in [5.41, 5.74) is 0.934. The molecule has 3 aliphatic rings. The third-order valence-corrected chi connectivity index (χ3v) is 5.49. The van der Waals surface area contributed by atoms with Gasteiger partial charge < -0.3 is 9.72 Å². The Kier molecular flexibility index (Phi) is 4.96. The first kappa shape index (κ1) is 16.2. The van der Waals surface area contributed by atoms with Crippen LogP contribution in [0.3, 0.4) is 0 Å². The lowest BCUT2D eigenvalue weighted by molar-refractivity contribution is 0.0938. The van der Waals surface area contributed by atoms with Gasteiger partial charge in [-0.2, -0.15) is 0 Å². The van der Waals surface area contributed by atoms with Crippen molar-refractivity contribution in [3.05, 3.63) is 27.9 Å². The molecule has 3 heterocycles. The van der Waals surface area contributed by atoms with E-state index in [-0.39, 0.29) is 5.56 Å². The Labute approximate surface area is 143 Å². The van der Waals surface area contributed by atoms with Gasteiger partial charge in [0.05, 0.1) is 12.3 Å². The zero-order valence-electron chi connectivity index (χ0n) is 14.4. The second-order valence-electron chi connectivity index (χ2n) is 7.41. The molecule has 0 unspecified atom stereocenters. The molecule has 6 heteroatoms. The van der Waals surface area contributed by atoms with E-state index in [0.717, 1.165) is 70.2 Å². The van der Waals surface area contributed by atoms with Crippen molar-refractivity contribution < 1.29 is 4.74 Å². The number of ether oxygens (including phenoxy) is 1. The van der Waals surface area contributed by atoms with Crippen LogP contribution < -0.4 is 5.56 Å². The van der Waals surface area contributed by atoms with Crippen LogP contribution >= 0.6 is 0 Å². The molecule has 1 aliphatic carbocycles. The Morgan fingerprint density at radius 2 is 1.96 bits per heavy atom. The normalized spacial score (nSPS) is 24.8. The zero-order valence-corrected chi connectivity index (χ0v) is 14.4. The van der Waals surface area contributed by atoms with E-state index in [1.165, 1.54) is 19.4 Å². The van der Waals surface area contributed by atoms with Gasteiger partial charge in [0.15, 0.2) is 0 Å². The van der Waals surface area contributed by atoms with Crippen LogP contribution in [0.2, 0.25) is 0 Å². The van der Waals surface area contributed by atoms with Crippen molar-refractivity contribution in [2.75, 3.05) is 39.4 Å². The van der Waals surface area contributed by atoms with Crippen molar-refractivity contribution in [3.8, 4) is 0 Å². The molecule has 1 saturated carbocycles. The van der Waals surface area contributed by atoms with Crippen molar-refractivity contribution in [1.29, 1.82) is 0 Å². The van der Waals surface area contributed by atoms with E-state index < -0.39 is 0 Å². The van der Waals surface area contributed by atoms with Gasteiger partial charge >= 0.3 is 0 Å². The first-order chi connectivity index (χ1) is 11.8. The molecule has 24 heavy (non-hydrogen) atoms.